The highest BCUT2D eigenvalue weighted by molar-refractivity contribution is 6.03. The lowest BCUT2D eigenvalue weighted by Gasteiger charge is -2.23. The first-order valence-corrected chi connectivity index (χ1v) is 6.25. The van der Waals surface area contributed by atoms with Crippen LogP contribution in [0.25, 0.3) is 0 Å². The Hall–Kier alpha value is -1.35. The summed E-state index contributed by atoms with van der Waals surface area (Å²) in [5.41, 5.74) is 1.23. The van der Waals surface area contributed by atoms with E-state index in [-0.39, 0.29) is 5.78 Å². The molecule has 0 atom stereocenters. The average molecular weight is 249 g/mol. The molecule has 0 amide bonds. The maximum Gasteiger partial charge on any atom is 0.182 e. The van der Waals surface area contributed by atoms with Crippen LogP contribution in [0.5, 0.6) is 5.75 Å². The number of likely N-dealkylation sites (N-methyl/N-ethyl adjacent to an activating group) is 1. The van der Waals surface area contributed by atoms with Crippen LogP contribution in [0.4, 0.5) is 0 Å². The van der Waals surface area contributed by atoms with E-state index in [9.17, 15) is 4.79 Å². The lowest BCUT2D eigenvalue weighted by Crippen LogP contribution is -2.44. The molecule has 0 saturated heterocycles. The van der Waals surface area contributed by atoms with E-state index < -0.39 is 5.54 Å². The second-order valence-corrected chi connectivity index (χ2v) is 5.32. The van der Waals surface area contributed by atoms with Crippen molar-refractivity contribution < 1.29 is 9.53 Å². The normalized spacial score (nSPS) is 11.7. The van der Waals surface area contributed by atoms with Crippen LogP contribution >= 0.6 is 0 Å². The molecular formula is C15H23NO2. The van der Waals surface area contributed by atoms with Gasteiger partial charge in [0.15, 0.2) is 5.78 Å². The highest BCUT2D eigenvalue weighted by Crippen LogP contribution is 2.28. The topological polar surface area (TPSA) is 38.3 Å². The third-order valence-corrected chi connectivity index (χ3v) is 3.31. The molecule has 0 aliphatic heterocycles. The number of nitrogens with one attached hydrogen (secondary N) is 1. The monoisotopic (exact) mass is 249 g/mol. The Bertz CT molecular complexity index is 436. The first-order valence-electron chi connectivity index (χ1n) is 6.25. The Morgan fingerprint density at radius 3 is 2.39 bits per heavy atom. The van der Waals surface area contributed by atoms with Crippen LogP contribution < -0.4 is 10.1 Å². The van der Waals surface area contributed by atoms with Crippen LogP contribution in [0.15, 0.2) is 18.2 Å². The van der Waals surface area contributed by atoms with Crippen LogP contribution in [0.1, 0.15) is 49.5 Å². The van der Waals surface area contributed by atoms with Gasteiger partial charge in [0.05, 0.1) is 12.6 Å². The molecule has 0 fully saturated rings. The fourth-order valence-corrected chi connectivity index (χ4v) is 1.80. The van der Waals surface area contributed by atoms with E-state index in [0.717, 1.165) is 16.9 Å². The summed E-state index contributed by atoms with van der Waals surface area (Å²) < 4.78 is 5.33. The van der Waals surface area contributed by atoms with Crippen LogP contribution in [0.3, 0.4) is 0 Å². The minimum Gasteiger partial charge on any atom is -0.496 e. The summed E-state index contributed by atoms with van der Waals surface area (Å²) in [5, 5.41) is 3.04. The first kappa shape index (κ1) is 14.7. The van der Waals surface area contributed by atoms with Crippen molar-refractivity contribution in [1.82, 2.24) is 5.32 Å². The van der Waals surface area contributed by atoms with Gasteiger partial charge in [0.1, 0.15) is 5.75 Å². The number of benzene rings is 1. The maximum atomic E-state index is 12.4. The molecule has 1 N–H and O–H groups in total. The lowest BCUT2D eigenvalue weighted by molar-refractivity contribution is 0.0889. The predicted molar refractivity (Wildman–Crippen MR) is 74.6 cm³/mol. The molecule has 0 unspecified atom stereocenters. The van der Waals surface area contributed by atoms with E-state index in [4.69, 9.17) is 4.74 Å². The number of carbonyl (C=O) groups is 1. The third kappa shape index (κ3) is 2.91. The molecule has 0 heterocycles. The molecule has 1 rings (SSSR count). The Morgan fingerprint density at radius 2 is 1.94 bits per heavy atom. The van der Waals surface area contributed by atoms with Gasteiger partial charge >= 0.3 is 0 Å². The van der Waals surface area contributed by atoms with Crippen molar-refractivity contribution >= 4 is 5.78 Å². The van der Waals surface area contributed by atoms with Gasteiger partial charge in [-0.05, 0) is 50.6 Å². The van der Waals surface area contributed by atoms with Crippen LogP contribution in [0.2, 0.25) is 0 Å². The van der Waals surface area contributed by atoms with Crippen molar-refractivity contribution in [1.29, 1.82) is 0 Å². The molecular weight excluding hydrogens is 226 g/mol. The van der Waals surface area contributed by atoms with Crippen molar-refractivity contribution in [3.63, 3.8) is 0 Å². The molecule has 0 aliphatic rings. The van der Waals surface area contributed by atoms with Crippen LogP contribution in [-0.4, -0.2) is 25.5 Å². The molecule has 0 spiro atoms. The predicted octanol–water partition coefficient (Wildman–Crippen LogP) is 3.00. The minimum absolute atomic E-state index is 0.0922. The molecule has 0 radical (unpaired) electrons. The molecule has 100 valence electrons. The van der Waals surface area contributed by atoms with Crippen molar-refractivity contribution in [2.45, 2.75) is 39.2 Å². The van der Waals surface area contributed by atoms with Crippen LogP contribution in [0, 0.1) is 0 Å². The fraction of sp³-hybridized carbons (Fsp3) is 0.533. The van der Waals surface area contributed by atoms with E-state index in [2.05, 4.69) is 19.2 Å². The summed E-state index contributed by atoms with van der Waals surface area (Å²) in [6, 6.07) is 5.63. The van der Waals surface area contributed by atoms with E-state index in [0.29, 0.717) is 5.92 Å². The maximum absolute atomic E-state index is 12.4. The number of hydrogen-bond acceptors (Lipinski definition) is 3. The van der Waals surface area contributed by atoms with Crippen molar-refractivity contribution in [3.8, 4) is 5.75 Å². The zero-order valence-corrected chi connectivity index (χ0v) is 12.1. The molecule has 3 nitrogen and oxygen atoms in total. The van der Waals surface area contributed by atoms with Crippen molar-refractivity contribution in [2.75, 3.05) is 14.2 Å². The van der Waals surface area contributed by atoms with Crippen LogP contribution in [-0.2, 0) is 0 Å². The van der Waals surface area contributed by atoms with Gasteiger partial charge in [0.25, 0.3) is 0 Å². The third-order valence-electron chi connectivity index (χ3n) is 3.31. The number of hydrogen-bond donors (Lipinski definition) is 1. The van der Waals surface area contributed by atoms with Gasteiger partial charge in [-0.3, -0.25) is 4.79 Å². The Balaban J connectivity index is 3.20. The average Bonchev–Trinajstić information content (AvgIpc) is 2.36. The summed E-state index contributed by atoms with van der Waals surface area (Å²) >= 11 is 0. The second-order valence-electron chi connectivity index (χ2n) is 5.32. The molecule has 3 heteroatoms. The minimum atomic E-state index is -0.553. The summed E-state index contributed by atoms with van der Waals surface area (Å²) in [5.74, 6) is 1.25. The number of rotatable bonds is 5. The molecule has 0 bridgehead atoms. The van der Waals surface area contributed by atoms with E-state index in [1.54, 1.807) is 14.2 Å². The van der Waals surface area contributed by atoms with Gasteiger partial charge in [-0.1, -0.05) is 13.8 Å². The highest BCUT2D eigenvalue weighted by atomic mass is 16.5. The van der Waals surface area contributed by atoms with E-state index in [1.165, 1.54) is 0 Å². The van der Waals surface area contributed by atoms with Gasteiger partial charge in [-0.2, -0.15) is 0 Å². The van der Waals surface area contributed by atoms with Gasteiger partial charge in [0, 0.05) is 5.56 Å². The summed E-state index contributed by atoms with van der Waals surface area (Å²) in [4.78, 5) is 12.4. The number of Topliss-reactive ketones (excluding diaryl/α,β-unsaturated/α-hetero) is 1. The zero-order chi connectivity index (χ0) is 13.9. The number of carbonyl (C=O) groups excluding carboxylic acids is 1. The molecule has 0 saturated carbocycles. The van der Waals surface area contributed by atoms with Gasteiger partial charge in [-0.25, -0.2) is 0 Å². The molecule has 1 aromatic carbocycles. The van der Waals surface area contributed by atoms with Gasteiger partial charge < -0.3 is 10.1 Å². The molecule has 18 heavy (non-hydrogen) atoms. The van der Waals surface area contributed by atoms with E-state index >= 15 is 0 Å². The lowest BCUT2D eigenvalue weighted by atomic mass is 9.90. The second kappa shape index (κ2) is 5.53. The zero-order valence-electron chi connectivity index (χ0n) is 12.1. The fourth-order valence-electron chi connectivity index (χ4n) is 1.80. The number of ether oxygens (including phenoxy) is 1. The quantitative estimate of drug-likeness (QED) is 0.815. The van der Waals surface area contributed by atoms with Crippen molar-refractivity contribution in [2.24, 2.45) is 0 Å². The Labute approximate surface area is 110 Å². The smallest absolute Gasteiger partial charge is 0.182 e. The molecule has 1 aromatic rings. The highest BCUT2D eigenvalue weighted by Gasteiger charge is 2.27. The summed E-state index contributed by atoms with van der Waals surface area (Å²) in [6.45, 7) is 7.95. The summed E-state index contributed by atoms with van der Waals surface area (Å²) in [7, 11) is 3.45. The van der Waals surface area contributed by atoms with Crippen molar-refractivity contribution in [3.05, 3.63) is 29.3 Å². The Morgan fingerprint density at radius 1 is 1.33 bits per heavy atom. The Kier molecular flexibility index (Phi) is 4.52. The number of methoxy groups -OCH3 is 1. The van der Waals surface area contributed by atoms with E-state index in [1.807, 2.05) is 32.0 Å². The number of ketones is 1. The molecule has 0 aromatic heterocycles. The first-order chi connectivity index (χ1) is 8.33. The van der Waals surface area contributed by atoms with Gasteiger partial charge in [0.2, 0.25) is 0 Å². The summed E-state index contributed by atoms with van der Waals surface area (Å²) in [6.07, 6.45) is 0. The SMILES string of the molecule is CNC(C)(C)C(=O)c1ccc(OC)c(C(C)C)c1. The van der Waals surface area contributed by atoms with Gasteiger partial charge in [-0.15, -0.1) is 0 Å². The largest absolute Gasteiger partial charge is 0.496 e. The standard InChI is InChI=1S/C15H23NO2/c1-10(2)12-9-11(7-8-13(12)18-6)14(17)15(3,4)16-5/h7-10,16H,1-6H3. The molecule has 0 aliphatic carbocycles.